The first-order valence-corrected chi connectivity index (χ1v) is 19.3. The standard InChI is InChI=1S/C19H12AsN3O2.C17H14AsN.2Pd/c21-13-24-17-11-12-23-19(18(17)25-14-22)20(15-7-3-1-4-8-15)16-9-5-2-6-10-16;1-3-9-15(10-4-1)18(16-11-5-2-6-12-16)17-13-7-8-14-19-17;;/h1-12H;1-14H;;. The van der Waals surface area contributed by atoms with Gasteiger partial charge in [0, 0.05) is 40.8 Å². The molecule has 0 aliphatic heterocycles. The van der Waals surface area contributed by atoms with Crippen molar-refractivity contribution in [3.05, 3.63) is 158 Å². The van der Waals surface area contributed by atoms with E-state index < -0.39 is 29.3 Å². The van der Waals surface area contributed by atoms with Gasteiger partial charge in [-0.3, -0.25) is 0 Å². The van der Waals surface area contributed by atoms with Crippen molar-refractivity contribution >= 4 is 55.7 Å². The van der Waals surface area contributed by atoms with E-state index in [1.165, 1.54) is 19.3 Å². The third-order valence-corrected chi connectivity index (χ3v) is 16.2. The summed E-state index contributed by atoms with van der Waals surface area (Å²) in [5, 5.41) is 17.9. The molecule has 6 aromatic rings. The molecule has 4 aromatic carbocycles. The first-order valence-electron chi connectivity index (χ1n) is 13.6. The Hall–Kier alpha value is -3.80. The minimum atomic E-state index is -2.10. The molecule has 6 rings (SSSR count). The van der Waals surface area contributed by atoms with Gasteiger partial charge < -0.3 is 0 Å². The van der Waals surface area contributed by atoms with Crippen LogP contribution in [0.2, 0.25) is 0 Å². The second kappa shape index (κ2) is 19.7. The van der Waals surface area contributed by atoms with Crippen LogP contribution in [0.5, 0.6) is 11.5 Å². The molecule has 2 heterocycles. The number of pyridine rings is 2. The summed E-state index contributed by atoms with van der Waals surface area (Å²) in [4.78, 5) is 9.09. The third kappa shape index (κ3) is 9.60. The summed E-state index contributed by atoms with van der Waals surface area (Å²) in [5.41, 5.74) is 0. The van der Waals surface area contributed by atoms with E-state index in [0.29, 0.717) is 4.48 Å². The van der Waals surface area contributed by atoms with Crippen molar-refractivity contribution in [3.8, 4) is 24.0 Å². The number of ether oxygens (including phenoxy) is 2. The quantitative estimate of drug-likeness (QED) is 0.173. The summed E-state index contributed by atoms with van der Waals surface area (Å²) in [6.45, 7) is 0. The van der Waals surface area contributed by atoms with Gasteiger partial charge in [0.15, 0.2) is 0 Å². The first-order chi connectivity index (χ1) is 21.8. The predicted octanol–water partition coefficient (Wildman–Crippen LogP) is 2.91. The summed E-state index contributed by atoms with van der Waals surface area (Å²) in [6.07, 6.45) is 6.76. The first kappa shape index (κ1) is 36.7. The van der Waals surface area contributed by atoms with Crippen LogP contribution in [0, 0.1) is 23.0 Å². The molecule has 0 aliphatic rings. The molecule has 10 heteroatoms. The SMILES string of the molecule is N#COc1ccnc([As](c2ccccc2)c2ccccc2)c1OC#N.[Pd].[Pd].c1ccc([As](c2ccccc2)c2ccccn2)cc1. The number of nitriles is 2. The summed E-state index contributed by atoms with van der Waals surface area (Å²) in [5.74, 6) is 0.402. The van der Waals surface area contributed by atoms with Gasteiger partial charge in [0.1, 0.15) is 0 Å². The Bertz CT molecular complexity index is 1710. The Kier molecular flexibility index (Phi) is 15.7. The number of hydrogen-bond acceptors (Lipinski definition) is 6. The molecule has 6 nitrogen and oxygen atoms in total. The Balaban J connectivity index is 0.000000248. The summed E-state index contributed by atoms with van der Waals surface area (Å²) >= 11 is -3.60. The Morgan fingerprint density at radius 2 is 0.891 bits per heavy atom. The molecule has 0 atom stereocenters. The molecule has 0 unspecified atom stereocenters. The molecule has 0 aliphatic carbocycles. The molecule has 0 bridgehead atoms. The Morgan fingerprint density at radius 1 is 0.457 bits per heavy atom. The molecule has 232 valence electrons. The van der Waals surface area contributed by atoms with Gasteiger partial charge in [-0.25, -0.2) is 0 Å². The van der Waals surface area contributed by atoms with Crippen LogP contribution in [0.15, 0.2) is 158 Å². The zero-order valence-electron chi connectivity index (χ0n) is 24.1. The maximum atomic E-state index is 9.04. The summed E-state index contributed by atoms with van der Waals surface area (Å²) in [7, 11) is 0. The van der Waals surface area contributed by atoms with E-state index in [2.05, 4.69) is 82.8 Å². The third-order valence-electron chi connectivity index (χ3n) is 6.30. The van der Waals surface area contributed by atoms with Gasteiger partial charge in [-0.2, -0.15) is 0 Å². The van der Waals surface area contributed by atoms with Gasteiger partial charge in [0.25, 0.3) is 0 Å². The molecular formula is C36H26As2N4O2Pd2. The van der Waals surface area contributed by atoms with E-state index in [0.717, 1.165) is 8.70 Å². The minimum absolute atomic E-state index is 0. The fourth-order valence-corrected chi connectivity index (χ4v) is 13.8. The van der Waals surface area contributed by atoms with Crippen molar-refractivity contribution in [1.29, 1.82) is 10.5 Å². The number of nitrogens with zero attached hydrogens (tertiary/aromatic N) is 4. The van der Waals surface area contributed by atoms with Gasteiger partial charge in [0.05, 0.1) is 0 Å². The summed E-state index contributed by atoms with van der Waals surface area (Å²) in [6, 6.07) is 49.2. The average molecular weight is 909 g/mol. The van der Waals surface area contributed by atoms with Crippen LogP contribution in [0.1, 0.15) is 0 Å². The normalized spacial score (nSPS) is 9.74. The fraction of sp³-hybridized carbons (Fsp3) is 0. The number of benzene rings is 4. The van der Waals surface area contributed by atoms with E-state index in [4.69, 9.17) is 20.0 Å². The van der Waals surface area contributed by atoms with E-state index in [1.54, 1.807) is 18.7 Å². The van der Waals surface area contributed by atoms with E-state index in [9.17, 15) is 0 Å². The van der Waals surface area contributed by atoms with Gasteiger partial charge in [-0.15, -0.1) is 0 Å². The Labute approximate surface area is 305 Å². The van der Waals surface area contributed by atoms with Crippen LogP contribution in [0.3, 0.4) is 0 Å². The van der Waals surface area contributed by atoms with Gasteiger partial charge in [-0.05, 0) is 0 Å². The van der Waals surface area contributed by atoms with Crippen LogP contribution in [-0.4, -0.2) is 39.3 Å². The van der Waals surface area contributed by atoms with Crippen molar-refractivity contribution in [3.63, 3.8) is 0 Å². The fourth-order valence-electron chi connectivity index (χ4n) is 4.45. The number of rotatable bonds is 8. The van der Waals surface area contributed by atoms with Gasteiger partial charge in [0.2, 0.25) is 0 Å². The summed E-state index contributed by atoms with van der Waals surface area (Å²) < 4.78 is 17.1. The second-order valence-corrected chi connectivity index (χ2v) is 18.0. The van der Waals surface area contributed by atoms with Crippen LogP contribution in [0.4, 0.5) is 0 Å². The molecule has 0 fully saturated rings. The van der Waals surface area contributed by atoms with Crippen LogP contribution in [-0.2, 0) is 40.8 Å². The zero-order valence-corrected chi connectivity index (χ0v) is 31.0. The topological polar surface area (TPSA) is 91.8 Å². The molecule has 0 amide bonds. The van der Waals surface area contributed by atoms with Crippen LogP contribution >= 0.6 is 0 Å². The van der Waals surface area contributed by atoms with Crippen molar-refractivity contribution in [2.45, 2.75) is 0 Å². The molecule has 0 saturated heterocycles. The van der Waals surface area contributed by atoms with Crippen molar-refractivity contribution in [1.82, 2.24) is 9.97 Å². The van der Waals surface area contributed by atoms with Crippen molar-refractivity contribution in [2.24, 2.45) is 0 Å². The zero-order chi connectivity index (χ0) is 30.4. The van der Waals surface area contributed by atoms with E-state index in [1.807, 2.05) is 72.9 Å². The van der Waals surface area contributed by atoms with Gasteiger partial charge >= 0.3 is 268 Å². The molecule has 46 heavy (non-hydrogen) atoms. The van der Waals surface area contributed by atoms with E-state index in [-0.39, 0.29) is 52.3 Å². The second-order valence-electron chi connectivity index (χ2n) is 9.05. The van der Waals surface area contributed by atoms with Crippen LogP contribution in [0.25, 0.3) is 0 Å². The molecular weight excluding hydrogens is 883 g/mol. The van der Waals surface area contributed by atoms with Crippen LogP contribution < -0.4 is 35.8 Å². The number of hydrogen-bond donors (Lipinski definition) is 0. The van der Waals surface area contributed by atoms with Crippen molar-refractivity contribution < 1.29 is 50.3 Å². The predicted molar refractivity (Wildman–Crippen MR) is 176 cm³/mol. The maximum absolute atomic E-state index is 9.04. The monoisotopic (exact) mass is 908 g/mol. The van der Waals surface area contributed by atoms with Gasteiger partial charge in [-0.1, -0.05) is 0 Å². The number of aromatic nitrogens is 2. The van der Waals surface area contributed by atoms with E-state index >= 15 is 0 Å². The molecule has 0 radical (unpaired) electrons. The Morgan fingerprint density at radius 3 is 1.30 bits per heavy atom. The molecule has 0 N–H and O–H groups in total. The molecule has 0 saturated carbocycles. The van der Waals surface area contributed by atoms with Crippen molar-refractivity contribution in [2.75, 3.05) is 0 Å². The average Bonchev–Trinajstić information content (AvgIpc) is 3.09. The molecule has 0 spiro atoms. The molecule has 2 aromatic heterocycles.